The number of nitrogens with zero attached hydrogens (tertiary/aromatic N) is 3. The number of Topliss-reactive ketones (excluding diaryl/α,β-unsaturated/α-hetero) is 1. The van der Waals surface area contributed by atoms with Gasteiger partial charge in [0.2, 0.25) is 0 Å². The van der Waals surface area contributed by atoms with E-state index in [-0.39, 0.29) is 22.9 Å². The van der Waals surface area contributed by atoms with Gasteiger partial charge in [0.1, 0.15) is 17.6 Å². The number of hydrogen-bond donors (Lipinski definition) is 1. The van der Waals surface area contributed by atoms with Gasteiger partial charge >= 0.3 is 0 Å². The number of carbonyl (C=O) groups excluding carboxylic acids is 2. The fraction of sp³-hybridized carbons (Fsp3) is 0.367. The molecule has 2 aliphatic rings. The monoisotopic (exact) mass is 499 g/mol. The summed E-state index contributed by atoms with van der Waals surface area (Å²) in [7, 11) is 0. The molecule has 1 saturated heterocycles. The first-order valence-corrected chi connectivity index (χ1v) is 12.8. The minimum absolute atomic E-state index is 0.0330. The zero-order chi connectivity index (χ0) is 26.3. The van der Waals surface area contributed by atoms with Crippen LogP contribution in [0.5, 0.6) is 5.75 Å². The highest BCUT2D eigenvalue weighted by atomic mass is 16.5. The van der Waals surface area contributed by atoms with Crippen LogP contribution in [0.4, 0.5) is 0 Å². The Kier molecular flexibility index (Phi) is 6.40. The highest BCUT2D eigenvalue weighted by molar-refractivity contribution is 6.46. The number of ether oxygens (including phenoxy) is 1. The number of aliphatic hydroxyl groups excluding tert-OH is 1. The van der Waals surface area contributed by atoms with Crippen molar-refractivity contribution in [2.75, 3.05) is 6.54 Å². The lowest BCUT2D eigenvalue weighted by Gasteiger charge is -2.26. The van der Waals surface area contributed by atoms with E-state index in [1.54, 1.807) is 23.5 Å². The van der Waals surface area contributed by atoms with E-state index in [2.05, 4.69) is 25.8 Å². The van der Waals surface area contributed by atoms with Crippen molar-refractivity contribution in [2.24, 2.45) is 0 Å². The first-order chi connectivity index (χ1) is 17.6. The molecule has 5 rings (SSSR count). The van der Waals surface area contributed by atoms with Crippen molar-refractivity contribution < 1.29 is 19.4 Å². The number of ketones is 1. The molecule has 7 nitrogen and oxygen atoms in total. The molecule has 37 heavy (non-hydrogen) atoms. The van der Waals surface area contributed by atoms with E-state index in [1.165, 1.54) is 0 Å². The molecule has 0 saturated carbocycles. The normalized spacial score (nSPS) is 20.8. The highest BCUT2D eigenvalue weighted by Gasteiger charge is 2.46. The van der Waals surface area contributed by atoms with Crippen molar-refractivity contribution in [3.63, 3.8) is 0 Å². The van der Waals surface area contributed by atoms with Crippen molar-refractivity contribution in [3.8, 4) is 5.75 Å². The molecule has 0 radical (unpaired) electrons. The third kappa shape index (κ3) is 4.78. The summed E-state index contributed by atoms with van der Waals surface area (Å²) < 4.78 is 7.73. The highest BCUT2D eigenvalue weighted by Crippen LogP contribution is 2.41. The molecule has 0 bridgehead atoms. The number of fused-ring (bicyclic) bond motifs is 1. The molecule has 3 heterocycles. The van der Waals surface area contributed by atoms with Gasteiger partial charge in [0.15, 0.2) is 0 Å². The van der Waals surface area contributed by atoms with E-state index >= 15 is 0 Å². The fourth-order valence-corrected chi connectivity index (χ4v) is 5.19. The zero-order valence-electron chi connectivity index (χ0n) is 21.8. The largest absolute Gasteiger partial charge is 0.507 e. The summed E-state index contributed by atoms with van der Waals surface area (Å²) in [6.07, 6.45) is 6.76. The molecular weight excluding hydrogens is 466 g/mol. The number of carbonyl (C=O) groups is 2. The SMILES string of the molecule is C[C@H]1Cc2cc(/C(O)=C3\C(=O)C(=O)N(CCCn4ccnc4)[C@H]3c3ccc(C(C)(C)C)cc3)ccc2O1. The van der Waals surface area contributed by atoms with Crippen LogP contribution < -0.4 is 4.74 Å². The number of rotatable bonds is 6. The summed E-state index contributed by atoms with van der Waals surface area (Å²) in [4.78, 5) is 32.3. The Morgan fingerprint density at radius 1 is 1.11 bits per heavy atom. The smallest absolute Gasteiger partial charge is 0.295 e. The Morgan fingerprint density at radius 2 is 1.86 bits per heavy atom. The fourth-order valence-electron chi connectivity index (χ4n) is 5.19. The van der Waals surface area contributed by atoms with E-state index in [0.717, 1.165) is 28.9 Å². The third-order valence-electron chi connectivity index (χ3n) is 7.18. The first-order valence-electron chi connectivity index (χ1n) is 12.8. The summed E-state index contributed by atoms with van der Waals surface area (Å²) in [5.74, 6) is -0.605. The number of amides is 1. The molecule has 1 amide bonds. The predicted molar refractivity (Wildman–Crippen MR) is 141 cm³/mol. The van der Waals surface area contributed by atoms with Crippen molar-refractivity contribution in [3.05, 3.63) is 89.0 Å². The number of aromatic nitrogens is 2. The topological polar surface area (TPSA) is 84.7 Å². The Morgan fingerprint density at radius 3 is 2.54 bits per heavy atom. The van der Waals surface area contributed by atoms with Gasteiger partial charge in [-0.25, -0.2) is 4.98 Å². The van der Waals surface area contributed by atoms with Crippen LogP contribution in [0.2, 0.25) is 0 Å². The molecule has 0 spiro atoms. The summed E-state index contributed by atoms with van der Waals surface area (Å²) in [6.45, 7) is 9.46. The van der Waals surface area contributed by atoms with E-state index in [9.17, 15) is 14.7 Å². The zero-order valence-corrected chi connectivity index (χ0v) is 21.8. The second-order valence-electron chi connectivity index (χ2n) is 11.0. The van der Waals surface area contributed by atoms with Crippen LogP contribution in [0.25, 0.3) is 5.76 Å². The minimum Gasteiger partial charge on any atom is -0.507 e. The second kappa shape index (κ2) is 9.54. The van der Waals surface area contributed by atoms with E-state index < -0.39 is 17.7 Å². The quantitative estimate of drug-likeness (QED) is 0.293. The van der Waals surface area contributed by atoms with E-state index in [4.69, 9.17) is 4.74 Å². The number of aliphatic hydroxyl groups is 1. The molecule has 0 aliphatic carbocycles. The molecule has 1 aromatic heterocycles. The summed E-state index contributed by atoms with van der Waals surface area (Å²) in [5.41, 5.74) is 3.55. The molecular formula is C30H33N3O4. The lowest BCUT2D eigenvalue weighted by molar-refractivity contribution is -0.139. The average molecular weight is 500 g/mol. The third-order valence-corrected chi connectivity index (χ3v) is 7.18. The predicted octanol–water partition coefficient (Wildman–Crippen LogP) is 5.02. The van der Waals surface area contributed by atoms with Gasteiger partial charge in [-0.2, -0.15) is 0 Å². The summed E-state index contributed by atoms with van der Waals surface area (Å²) in [5, 5.41) is 11.4. The Labute approximate surface area is 217 Å². The van der Waals surface area contributed by atoms with Gasteiger partial charge in [0.05, 0.1) is 17.9 Å². The number of likely N-dealkylation sites (tertiary alicyclic amines) is 1. The van der Waals surface area contributed by atoms with E-state index in [0.29, 0.717) is 25.1 Å². The maximum absolute atomic E-state index is 13.4. The van der Waals surface area contributed by atoms with Crippen molar-refractivity contribution in [2.45, 2.75) is 64.6 Å². The van der Waals surface area contributed by atoms with Crippen LogP contribution in [-0.4, -0.2) is 43.9 Å². The molecule has 0 unspecified atom stereocenters. The van der Waals surface area contributed by atoms with Gasteiger partial charge in [-0.1, -0.05) is 45.0 Å². The van der Waals surface area contributed by atoms with Crippen LogP contribution in [0.3, 0.4) is 0 Å². The van der Waals surface area contributed by atoms with Crippen LogP contribution >= 0.6 is 0 Å². The number of benzene rings is 2. The van der Waals surface area contributed by atoms with Crippen LogP contribution in [0, 0.1) is 0 Å². The Balaban J connectivity index is 1.54. The molecule has 2 aromatic carbocycles. The summed E-state index contributed by atoms with van der Waals surface area (Å²) >= 11 is 0. The lowest BCUT2D eigenvalue weighted by atomic mass is 9.85. The first kappa shape index (κ1) is 24.8. The molecule has 2 atom stereocenters. The average Bonchev–Trinajstić information content (AvgIpc) is 3.57. The van der Waals surface area contributed by atoms with Crippen molar-refractivity contribution in [1.29, 1.82) is 0 Å². The molecule has 3 aromatic rings. The Bertz CT molecular complexity index is 1350. The van der Waals surface area contributed by atoms with Gasteiger partial charge in [0.25, 0.3) is 11.7 Å². The van der Waals surface area contributed by atoms with Gasteiger partial charge in [0, 0.05) is 37.5 Å². The number of hydrogen-bond acceptors (Lipinski definition) is 5. The molecule has 2 aliphatic heterocycles. The van der Waals surface area contributed by atoms with Crippen molar-refractivity contribution in [1.82, 2.24) is 14.5 Å². The van der Waals surface area contributed by atoms with Gasteiger partial charge in [-0.3, -0.25) is 9.59 Å². The molecule has 1 fully saturated rings. The molecule has 1 N–H and O–H groups in total. The van der Waals surface area contributed by atoms with Crippen LogP contribution in [0.15, 0.2) is 66.8 Å². The van der Waals surface area contributed by atoms with Gasteiger partial charge in [-0.15, -0.1) is 0 Å². The standard InChI is InChI=1S/C30H33N3O4/c1-19-16-22-17-21(8-11-24(22)37-19)27(34)25-26(20-6-9-23(10-7-20)30(2,3)4)33(29(36)28(25)35)14-5-13-32-15-12-31-18-32/h6-12,15,17-19,26,34H,5,13-14,16H2,1-4H3/b27-25+/t19-,26-/m0/s1. The Hall–Kier alpha value is -3.87. The van der Waals surface area contributed by atoms with Gasteiger partial charge in [-0.05, 0) is 53.6 Å². The van der Waals surface area contributed by atoms with Crippen LogP contribution in [-0.2, 0) is 28.0 Å². The summed E-state index contributed by atoms with van der Waals surface area (Å²) in [6, 6.07) is 12.8. The van der Waals surface area contributed by atoms with E-state index in [1.807, 2.05) is 54.1 Å². The number of imidazole rings is 1. The second-order valence-corrected chi connectivity index (χ2v) is 11.0. The number of aryl methyl sites for hydroxylation is 1. The maximum atomic E-state index is 13.4. The molecule has 192 valence electrons. The van der Waals surface area contributed by atoms with Gasteiger partial charge < -0.3 is 19.3 Å². The lowest BCUT2D eigenvalue weighted by Crippen LogP contribution is -2.31. The van der Waals surface area contributed by atoms with Crippen LogP contribution in [0.1, 0.15) is 62.4 Å². The molecule has 7 heteroatoms. The minimum atomic E-state index is -0.666. The van der Waals surface area contributed by atoms with Crippen molar-refractivity contribution >= 4 is 17.4 Å². The maximum Gasteiger partial charge on any atom is 0.295 e.